The molecule has 2 aromatic rings. The van der Waals surface area contributed by atoms with Gasteiger partial charge in [-0.05, 0) is 36.1 Å². The molecular weight excluding hydrogens is 158 g/mol. The Morgan fingerprint density at radius 1 is 1.23 bits per heavy atom. The molecule has 2 aromatic heterocycles. The third-order valence-electron chi connectivity index (χ3n) is 2.61. The van der Waals surface area contributed by atoms with Gasteiger partial charge in [0.2, 0.25) is 0 Å². The molecule has 0 aliphatic carbocycles. The molecule has 2 heterocycles. The zero-order valence-electron chi connectivity index (χ0n) is 8.41. The van der Waals surface area contributed by atoms with Crippen molar-refractivity contribution in [2.24, 2.45) is 0 Å². The van der Waals surface area contributed by atoms with E-state index in [-0.39, 0.29) is 0 Å². The molecule has 0 atom stereocenters. The summed E-state index contributed by atoms with van der Waals surface area (Å²) in [4.78, 5) is 0. The van der Waals surface area contributed by atoms with E-state index in [4.69, 9.17) is 0 Å². The van der Waals surface area contributed by atoms with E-state index in [0.717, 1.165) is 0 Å². The fourth-order valence-electron chi connectivity index (χ4n) is 1.86. The molecule has 0 fully saturated rings. The Bertz CT molecular complexity index is 424. The van der Waals surface area contributed by atoms with Crippen LogP contribution in [0.3, 0.4) is 0 Å². The van der Waals surface area contributed by atoms with Gasteiger partial charge in [0.1, 0.15) is 0 Å². The molecule has 0 radical (unpaired) electrons. The summed E-state index contributed by atoms with van der Waals surface area (Å²) in [5.74, 6) is 0.611. The lowest BCUT2D eigenvalue weighted by Crippen LogP contribution is -1.85. The van der Waals surface area contributed by atoms with Crippen LogP contribution >= 0.6 is 0 Å². The summed E-state index contributed by atoms with van der Waals surface area (Å²) >= 11 is 0. The summed E-state index contributed by atoms with van der Waals surface area (Å²) in [6.07, 6.45) is 4.34. The summed E-state index contributed by atoms with van der Waals surface area (Å²) in [5, 5.41) is 0. The van der Waals surface area contributed by atoms with Crippen LogP contribution in [0.25, 0.3) is 5.52 Å². The Hall–Kier alpha value is -1.24. The molecule has 0 aromatic carbocycles. The van der Waals surface area contributed by atoms with Crippen molar-refractivity contribution in [3.63, 3.8) is 0 Å². The summed E-state index contributed by atoms with van der Waals surface area (Å²) in [7, 11) is 0. The lowest BCUT2D eigenvalue weighted by atomic mass is 10.0. The molecule has 1 heteroatoms. The minimum Gasteiger partial charge on any atom is -0.323 e. The molecule has 13 heavy (non-hydrogen) atoms. The van der Waals surface area contributed by atoms with Gasteiger partial charge in [0, 0.05) is 17.9 Å². The zero-order valence-corrected chi connectivity index (χ0v) is 8.41. The average Bonchev–Trinajstić information content (AvgIpc) is 2.45. The topological polar surface area (TPSA) is 4.41 Å². The van der Waals surface area contributed by atoms with E-state index < -0.39 is 0 Å². The van der Waals surface area contributed by atoms with Gasteiger partial charge in [0.05, 0.1) is 0 Å². The normalized spacial score (nSPS) is 11.4. The fraction of sp³-hybridized carbons (Fsp3) is 0.333. The monoisotopic (exact) mass is 173 g/mol. The van der Waals surface area contributed by atoms with Crippen LogP contribution < -0.4 is 0 Å². The maximum Gasteiger partial charge on any atom is 0.0482 e. The van der Waals surface area contributed by atoms with E-state index in [1.54, 1.807) is 0 Å². The van der Waals surface area contributed by atoms with Gasteiger partial charge in [-0.2, -0.15) is 0 Å². The minimum atomic E-state index is 0.611. The van der Waals surface area contributed by atoms with Crippen molar-refractivity contribution >= 4 is 5.52 Å². The Kier molecular flexibility index (Phi) is 1.87. The Morgan fingerprint density at radius 3 is 2.62 bits per heavy atom. The molecule has 0 aliphatic rings. The van der Waals surface area contributed by atoms with E-state index in [9.17, 15) is 0 Å². The predicted molar refractivity (Wildman–Crippen MR) is 56.2 cm³/mol. The largest absolute Gasteiger partial charge is 0.323 e. The number of aryl methyl sites for hydroxylation is 1. The van der Waals surface area contributed by atoms with E-state index in [1.807, 2.05) is 0 Å². The van der Waals surface area contributed by atoms with Crippen LogP contribution in [-0.4, -0.2) is 4.40 Å². The lowest BCUT2D eigenvalue weighted by molar-refractivity contribution is 0.858. The highest BCUT2D eigenvalue weighted by Crippen LogP contribution is 2.23. The second-order valence-electron chi connectivity index (χ2n) is 3.86. The maximum absolute atomic E-state index is 2.24. The molecule has 0 bridgehead atoms. The molecule has 0 N–H and O–H groups in total. The van der Waals surface area contributed by atoms with Crippen molar-refractivity contribution in [2.75, 3.05) is 0 Å². The molecule has 0 aliphatic heterocycles. The highest BCUT2D eigenvalue weighted by atomic mass is 14.9. The Balaban J connectivity index is 2.74. The van der Waals surface area contributed by atoms with Crippen LogP contribution in [-0.2, 0) is 0 Å². The molecule has 0 unspecified atom stereocenters. The lowest BCUT2D eigenvalue weighted by Gasteiger charge is -2.01. The Morgan fingerprint density at radius 2 is 2.00 bits per heavy atom. The van der Waals surface area contributed by atoms with Crippen LogP contribution in [0.1, 0.15) is 30.9 Å². The SMILES string of the molecule is Cc1c(C(C)C)cn2ccccc12. The number of nitrogens with zero attached hydrogens (tertiary/aromatic N) is 1. The molecule has 2 rings (SSSR count). The molecule has 1 nitrogen and oxygen atoms in total. The van der Waals surface area contributed by atoms with E-state index in [2.05, 4.69) is 55.8 Å². The quantitative estimate of drug-likeness (QED) is 0.622. The van der Waals surface area contributed by atoms with Crippen LogP contribution in [0.5, 0.6) is 0 Å². The minimum absolute atomic E-state index is 0.611. The first-order valence-corrected chi connectivity index (χ1v) is 4.76. The smallest absolute Gasteiger partial charge is 0.0482 e. The highest BCUT2D eigenvalue weighted by molar-refractivity contribution is 5.59. The molecular formula is C12H15N. The van der Waals surface area contributed by atoms with Gasteiger partial charge >= 0.3 is 0 Å². The third-order valence-corrected chi connectivity index (χ3v) is 2.61. The van der Waals surface area contributed by atoms with Crippen molar-refractivity contribution in [1.29, 1.82) is 0 Å². The maximum atomic E-state index is 2.24. The second kappa shape index (κ2) is 2.91. The van der Waals surface area contributed by atoms with Gasteiger partial charge in [0.25, 0.3) is 0 Å². The van der Waals surface area contributed by atoms with Crippen LogP contribution in [0.4, 0.5) is 0 Å². The van der Waals surface area contributed by atoms with E-state index >= 15 is 0 Å². The molecule has 0 amide bonds. The van der Waals surface area contributed by atoms with Crippen LogP contribution in [0, 0.1) is 6.92 Å². The van der Waals surface area contributed by atoms with Gasteiger partial charge < -0.3 is 4.40 Å². The number of rotatable bonds is 1. The summed E-state index contributed by atoms with van der Waals surface area (Å²) < 4.78 is 2.20. The number of hydrogen-bond acceptors (Lipinski definition) is 0. The third kappa shape index (κ3) is 1.24. The summed E-state index contributed by atoms with van der Waals surface area (Å²) in [5.41, 5.74) is 4.19. The van der Waals surface area contributed by atoms with Crippen molar-refractivity contribution in [1.82, 2.24) is 4.40 Å². The number of pyridine rings is 1. The van der Waals surface area contributed by atoms with E-state index in [1.165, 1.54) is 16.6 Å². The predicted octanol–water partition coefficient (Wildman–Crippen LogP) is 3.37. The van der Waals surface area contributed by atoms with Crippen molar-refractivity contribution in [2.45, 2.75) is 26.7 Å². The first kappa shape index (κ1) is 8.36. The van der Waals surface area contributed by atoms with Crippen molar-refractivity contribution in [3.8, 4) is 0 Å². The molecule has 0 saturated carbocycles. The number of hydrogen-bond donors (Lipinski definition) is 0. The number of fused-ring (bicyclic) bond motifs is 1. The highest BCUT2D eigenvalue weighted by Gasteiger charge is 2.08. The summed E-state index contributed by atoms with van der Waals surface area (Å²) in [6.45, 7) is 6.67. The first-order valence-electron chi connectivity index (χ1n) is 4.76. The second-order valence-corrected chi connectivity index (χ2v) is 3.86. The van der Waals surface area contributed by atoms with Gasteiger partial charge in [-0.3, -0.25) is 0 Å². The summed E-state index contributed by atoms with van der Waals surface area (Å²) in [6, 6.07) is 6.32. The zero-order chi connectivity index (χ0) is 9.42. The average molecular weight is 173 g/mol. The van der Waals surface area contributed by atoms with E-state index in [0.29, 0.717) is 5.92 Å². The van der Waals surface area contributed by atoms with Gasteiger partial charge in [-0.1, -0.05) is 19.9 Å². The molecule has 0 spiro atoms. The van der Waals surface area contributed by atoms with Crippen LogP contribution in [0.2, 0.25) is 0 Å². The number of aromatic nitrogens is 1. The fourth-order valence-corrected chi connectivity index (χ4v) is 1.86. The Labute approximate surface area is 79.0 Å². The van der Waals surface area contributed by atoms with Gasteiger partial charge in [-0.25, -0.2) is 0 Å². The van der Waals surface area contributed by atoms with Gasteiger partial charge in [0.15, 0.2) is 0 Å². The molecule has 0 saturated heterocycles. The van der Waals surface area contributed by atoms with Crippen molar-refractivity contribution in [3.05, 3.63) is 41.7 Å². The van der Waals surface area contributed by atoms with Crippen molar-refractivity contribution < 1.29 is 0 Å². The standard InChI is InChI=1S/C12H15N/c1-9(2)11-8-13-7-5-4-6-12(13)10(11)3/h4-9H,1-3H3. The first-order chi connectivity index (χ1) is 6.20. The van der Waals surface area contributed by atoms with Crippen LogP contribution in [0.15, 0.2) is 30.6 Å². The molecule has 68 valence electrons. The van der Waals surface area contributed by atoms with Gasteiger partial charge in [-0.15, -0.1) is 0 Å².